The van der Waals surface area contributed by atoms with Crippen LogP contribution in [0.3, 0.4) is 0 Å². The number of urea groups is 1. The molecule has 16 heavy (non-hydrogen) atoms. The molecule has 0 aromatic carbocycles. The molecule has 0 radical (unpaired) electrons. The lowest BCUT2D eigenvalue weighted by molar-refractivity contribution is 0.174. The molecule has 6 nitrogen and oxygen atoms in total. The van der Waals surface area contributed by atoms with Gasteiger partial charge in [-0.25, -0.2) is 4.79 Å². The Morgan fingerprint density at radius 3 is 3.44 bits per heavy atom. The van der Waals surface area contributed by atoms with E-state index in [1.54, 1.807) is 18.2 Å². The van der Waals surface area contributed by atoms with E-state index in [0.717, 1.165) is 17.7 Å². The highest BCUT2D eigenvalue weighted by Crippen LogP contribution is 2.17. The van der Waals surface area contributed by atoms with E-state index in [1.165, 1.54) is 0 Å². The van der Waals surface area contributed by atoms with Gasteiger partial charge in [0.25, 0.3) is 0 Å². The van der Waals surface area contributed by atoms with Crippen LogP contribution in [0.2, 0.25) is 0 Å². The van der Waals surface area contributed by atoms with Crippen molar-refractivity contribution in [3.05, 3.63) is 17.5 Å². The fraction of sp³-hybridized carbons (Fsp3) is 0.600. The standard InChI is InChI=1S/C10H15N3O3/c1-15-5-3-11-10(14)13-4-2-9-8(7-13)6-12-16-9/h6H,2-5,7H2,1H3,(H,11,14). The first-order valence-electron chi connectivity index (χ1n) is 5.25. The molecule has 0 spiro atoms. The predicted octanol–water partition coefficient (Wildman–Crippen LogP) is 0.389. The van der Waals surface area contributed by atoms with Crippen molar-refractivity contribution in [3.63, 3.8) is 0 Å². The highest BCUT2D eigenvalue weighted by molar-refractivity contribution is 5.74. The van der Waals surface area contributed by atoms with E-state index in [0.29, 0.717) is 26.2 Å². The first kappa shape index (κ1) is 10.9. The molecule has 0 atom stereocenters. The van der Waals surface area contributed by atoms with E-state index in [2.05, 4.69) is 10.5 Å². The molecular weight excluding hydrogens is 210 g/mol. The Morgan fingerprint density at radius 1 is 1.75 bits per heavy atom. The molecule has 2 amide bonds. The zero-order chi connectivity index (χ0) is 11.4. The van der Waals surface area contributed by atoms with Gasteiger partial charge in [-0.3, -0.25) is 0 Å². The monoisotopic (exact) mass is 225 g/mol. The summed E-state index contributed by atoms with van der Waals surface area (Å²) in [5.74, 6) is 0.890. The van der Waals surface area contributed by atoms with Gasteiger partial charge >= 0.3 is 6.03 Å². The van der Waals surface area contributed by atoms with E-state index in [9.17, 15) is 4.79 Å². The van der Waals surface area contributed by atoms with Crippen molar-refractivity contribution in [1.82, 2.24) is 15.4 Å². The Bertz CT molecular complexity index is 364. The molecule has 2 heterocycles. The first-order chi connectivity index (χ1) is 7.81. The van der Waals surface area contributed by atoms with E-state index in [-0.39, 0.29) is 6.03 Å². The van der Waals surface area contributed by atoms with Crippen LogP contribution in [0.5, 0.6) is 0 Å². The van der Waals surface area contributed by atoms with Crippen molar-refractivity contribution in [2.24, 2.45) is 0 Å². The minimum absolute atomic E-state index is 0.0658. The van der Waals surface area contributed by atoms with Crippen LogP contribution in [0.1, 0.15) is 11.3 Å². The van der Waals surface area contributed by atoms with Crippen molar-refractivity contribution in [1.29, 1.82) is 0 Å². The van der Waals surface area contributed by atoms with Crippen LogP contribution in [-0.2, 0) is 17.7 Å². The third-order valence-corrected chi connectivity index (χ3v) is 2.57. The summed E-state index contributed by atoms with van der Waals surface area (Å²) in [6.07, 6.45) is 2.40. The van der Waals surface area contributed by atoms with Gasteiger partial charge in [-0.1, -0.05) is 5.16 Å². The number of aromatic nitrogens is 1. The summed E-state index contributed by atoms with van der Waals surface area (Å²) in [6, 6.07) is -0.0658. The quantitative estimate of drug-likeness (QED) is 0.755. The highest BCUT2D eigenvalue weighted by atomic mass is 16.5. The fourth-order valence-corrected chi connectivity index (χ4v) is 1.69. The number of fused-ring (bicyclic) bond motifs is 1. The van der Waals surface area contributed by atoms with Crippen LogP contribution in [0.25, 0.3) is 0 Å². The molecule has 1 aromatic heterocycles. The summed E-state index contributed by atoms with van der Waals surface area (Å²) in [7, 11) is 1.61. The Kier molecular flexibility index (Phi) is 3.40. The molecule has 1 N–H and O–H groups in total. The number of nitrogens with one attached hydrogen (secondary N) is 1. The Labute approximate surface area is 93.5 Å². The smallest absolute Gasteiger partial charge is 0.317 e. The highest BCUT2D eigenvalue weighted by Gasteiger charge is 2.22. The van der Waals surface area contributed by atoms with Gasteiger partial charge in [0.05, 0.1) is 19.3 Å². The fourth-order valence-electron chi connectivity index (χ4n) is 1.69. The summed E-state index contributed by atoms with van der Waals surface area (Å²) in [5, 5.41) is 6.51. The molecule has 6 heteroatoms. The van der Waals surface area contributed by atoms with Gasteiger partial charge in [0.1, 0.15) is 5.76 Å². The summed E-state index contributed by atoms with van der Waals surface area (Å²) in [6.45, 7) is 2.29. The minimum atomic E-state index is -0.0658. The van der Waals surface area contributed by atoms with Gasteiger partial charge in [0.15, 0.2) is 0 Å². The molecule has 88 valence electrons. The molecule has 0 bridgehead atoms. The van der Waals surface area contributed by atoms with Crippen molar-refractivity contribution < 1.29 is 14.1 Å². The number of nitrogens with zero attached hydrogens (tertiary/aromatic N) is 2. The molecule has 0 unspecified atom stereocenters. The number of hydrogen-bond donors (Lipinski definition) is 1. The van der Waals surface area contributed by atoms with Gasteiger partial charge in [0.2, 0.25) is 0 Å². The molecule has 0 aliphatic carbocycles. The van der Waals surface area contributed by atoms with Gasteiger partial charge < -0.3 is 19.5 Å². The molecule has 1 aliphatic rings. The maximum absolute atomic E-state index is 11.7. The normalized spacial score (nSPS) is 14.7. The zero-order valence-electron chi connectivity index (χ0n) is 9.23. The summed E-state index contributed by atoms with van der Waals surface area (Å²) in [5.41, 5.74) is 0.994. The van der Waals surface area contributed by atoms with Crippen LogP contribution in [0.4, 0.5) is 4.79 Å². The summed E-state index contributed by atoms with van der Waals surface area (Å²) in [4.78, 5) is 13.5. The zero-order valence-corrected chi connectivity index (χ0v) is 9.23. The van der Waals surface area contributed by atoms with Gasteiger partial charge in [-0.2, -0.15) is 0 Å². The Balaban J connectivity index is 1.86. The molecule has 0 fully saturated rings. The topological polar surface area (TPSA) is 67.6 Å². The van der Waals surface area contributed by atoms with Gasteiger partial charge in [-0.15, -0.1) is 0 Å². The molecule has 1 aliphatic heterocycles. The second-order valence-corrected chi connectivity index (χ2v) is 3.67. The summed E-state index contributed by atoms with van der Waals surface area (Å²) >= 11 is 0. The number of rotatable bonds is 3. The average molecular weight is 225 g/mol. The predicted molar refractivity (Wildman–Crippen MR) is 55.9 cm³/mol. The Morgan fingerprint density at radius 2 is 2.62 bits per heavy atom. The average Bonchev–Trinajstić information content (AvgIpc) is 2.76. The van der Waals surface area contributed by atoms with E-state index in [1.807, 2.05) is 0 Å². The number of hydrogen-bond acceptors (Lipinski definition) is 4. The molecule has 1 aromatic rings. The molecule has 0 saturated carbocycles. The van der Waals surface area contributed by atoms with Crippen LogP contribution in [0.15, 0.2) is 10.7 Å². The van der Waals surface area contributed by atoms with Crippen LogP contribution in [-0.4, -0.2) is 42.9 Å². The number of ether oxygens (including phenoxy) is 1. The lowest BCUT2D eigenvalue weighted by Gasteiger charge is -2.25. The van der Waals surface area contributed by atoms with Crippen molar-refractivity contribution in [3.8, 4) is 0 Å². The Hall–Kier alpha value is -1.56. The largest absolute Gasteiger partial charge is 0.383 e. The first-order valence-corrected chi connectivity index (χ1v) is 5.25. The third-order valence-electron chi connectivity index (χ3n) is 2.57. The van der Waals surface area contributed by atoms with Gasteiger partial charge in [0, 0.05) is 32.2 Å². The number of methoxy groups -OCH3 is 1. The van der Waals surface area contributed by atoms with Crippen molar-refractivity contribution in [2.45, 2.75) is 13.0 Å². The van der Waals surface area contributed by atoms with Crippen LogP contribution >= 0.6 is 0 Å². The SMILES string of the molecule is COCCNC(=O)N1CCc2oncc2C1. The van der Waals surface area contributed by atoms with Crippen LogP contribution < -0.4 is 5.32 Å². The maximum Gasteiger partial charge on any atom is 0.317 e. The molecular formula is C10H15N3O3. The lowest BCUT2D eigenvalue weighted by atomic mass is 10.1. The molecule has 2 rings (SSSR count). The van der Waals surface area contributed by atoms with E-state index >= 15 is 0 Å². The summed E-state index contributed by atoms with van der Waals surface area (Å²) < 4.78 is 9.92. The maximum atomic E-state index is 11.7. The number of carbonyl (C=O) groups is 1. The van der Waals surface area contributed by atoms with E-state index in [4.69, 9.17) is 9.26 Å². The van der Waals surface area contributed by atoms with E-state index < -0.39 is 0 Å². The second kappa shape index (κ2) is 4.98. The number of carbonyl (C=O) groups excluding carboxylic acids is 1. The van der Waals surface area contributed by atoms with Crippen molar-refractivity contribution in [2.75, 3.05) is 26.8 Å². The second-order valence-electron chi connectivity index (χ2n) is 3.67. The van der Waals surface area contributed by atoms with Crippen LogP contribution in [0, 0.1) is 0 Å². The number of amides is 2. The molecule has 0 saturated heterocycles. The third kappa shape index (κ3) is 2.33. The van der Waals surface area contributed by atoms with Gasteiger partial charge in [-0.05, 0) is 0 Å². The lowest BCUT2D eigenvalue weighted by Crippen LogP contribution is -2.43. The van der Waals surface area contributed by atoms with Crippen molar-refractivity contribution >= 4 is 6.03 Å². The minimum Gasteiger partial charge on any atom is -0.383 e.